The van der Waals surface area contributed by atoms with E-state index < -0.39 is 35.9 Å². The van der Waals surface area contributed by atoms with E-state index in [4.69, 9.17) is 5.11 Å². The quantitative estimate of drug-likeness (QED) is 0.818. The fraction of sp³-hybridized carbons (Fsp3) is 0.250. The van der Waals surface area contributed by atoms with Crippen molar-refractivity contribution in [3.8, 4) is 0 Å². The highest BCUT2D eigenvalue weighted by atomic mass is 19.3. The van der Waals surface area contributed by atoms with E-state index in [1.807, 2.05) is 0 Å². The minimum absolute atomic E-state index is 0.437. The zero-order valence-electron chi connectivity index (χ0n) is 6.88. The van der Waals surface area contributed by atoms with Gasteiger partial charge in [0, 0.05) is 6.20 Å². The summed E-state index contributed by atoms with van der Waals surface area (Å²) >= 11 is 0. The van der Waals surface area contributed by atoms with E-state index in [1.54, 1.807) is 0 Å². The molecule has 14 heavy (non-hydrogen) atoms. The Labute approximate surface area is 77.2 Å². The highest BCUT2D eigenvalue weighted by Gasteiger charge is 2.20. The van der Waals surface area contributed by atoms with E-state index in [-0.39, 0.29) is 0 Å². The lowest BCUT2D eigenvalue weighted by atomic mass is 10.1. The molecule has 1 aromatic heterocycles. The Bertz CT molecular complexity index is 354. The topological polar surface area (TPSA) is 50.2 Å². The van der Waals surface area contributed by atoms with Crippen molar-refractivity contribution in [2.24, 2.45) is 0 Å². The SMILES string of the molecule is O=C(O)Cc1nccc(F)c1C(F)F. The molecule has 0 aliphatic rings. The van der Waals surface area contributed by atoms with E-state index >= 15 is 0 Å². The van der Waals surface area contributed by atoms with Gasteiger partial charge >= 0.3 is 5.97 Å². The van der Waals surface area contributed by atoms with Gasteiger partial charge in [-0.15, -0.1) is 0 Å². The predicted molar refractivity (Wildman–Crippen MR) is 40.5 cm³/mol. The fourth-order valence-electron chi connectivity index (χ4n) is 1.00. The Hall–Kier alpha value is -1.59. The van der Waals surface area contributed by atoms with Crippen molar-refractivity contribution in [1.29, 1.82) is 0 Å². The van der Waals surface area contributed by atoms with Gasteiger partial charge in [0.05, 0.1) is 17.7 Å². The second kappa shape index (κ2) is 4.08. The number of hydrogen-bond donors (Lipinski definition) is 1. The molecule has 0 fully saturated rings. The van der Waals surface area contributed by atoms with Crippen LogP contribution in [0.25, 0.3) is 0 Å². The molecule has 0 aromatic carbocycles. The molecule has 0 atom stereocenters. The third-order valence-electron chi connectivity index (χ3n) is 1.56. The minimum atomic E-state index is -3.06. The summed E-state index contributed by atoms with van der Waals surface area (Å²) in [5, 5.41) is 8.36. The molecule has 1 N–H and O–H groups in total. The molecule has 0 unspecified atom stereocenters. The third kappa shape index (κ3) is 2.21. The van der Waals surface area contributed by atoms with Crippen molar-refractivity contribution >= 4 is 5.97 Å². The van der Waals surface area contributed by atoms with Crippen molar-refractivity contribution in [3.63, 3.8) is 0 Å². The van der Waals surface area contributed by atoms with E-state index in [1.165, 1.54) is 0 Å². The molecular weight excluding hydrogens is 199 g/mol. The molecule has 0 aliphatic carbocycles. The standard InChI is InChI=1S/C8H6F3NO2/c9-4-1-2-12-5(3-6(13)14)7(4)8(10)11/h1-2,8H,3H2,(H,13,14). The maximum atomic E-state index is 12.8. The third-order valence-corrected chi connectivity index (χ3v) is 1.56. The van der Waals surface area contributed by atoms with Crippen LogP contribution >= 0.6 is 0 Å². The Balaban J connectivity index is 3.14. The number of alkyl halides is 2. The summed E-state index contributed by atoms with van der Waals surface area (Å²) in [4.78, 5) is 13.6. The van der Waals surface area contributed by atoms with Gasteiger partial charge in [-0.3, -0.25) is 9.78 Å². The summed E-state index contributed by atoms with van der Waals surface area (Å²) in [6, 6.07) is 0.771. The Morgan fingerprint density at radius 1 is 1.57 bits per heavy atom. The average molecular weight is 205 g/mol. The molecule has 1 rings (SSSR count). The van der Waals surface area contributed by atoms with Crippen molar-refractivity contribution in [2.45, 2.75) is 12.8 Å². The van der Waals surface area contributed by atoms with E-state index in [9.17, 15) is 18.0 Å². The predicted octanol–water partition coefficient (Wildman–Crippen LogP) is 1.79. The number of pyridine rings is 1. The molecule has 0 spiro atoms. The largest absolute Gasteiger partial charge is 0.481 e. The lowest BCUT2D eigenvalue weighted by Gasteiger charge is -2.06. The number of aliphatic carboxylic acids is 1. The van der Waals surface area contributed by atoms with Gasteiger partial charge in [-0.2, -0.15) is 0 Å². The summed E-state index contributed by atoms with van der Waals surface area (Å²) in [5.41, 5.74) is -1.37. The second-order valence-electron chi connectivity index (χ2n) is 2.52. The number of aromatic nitrogens is 1. The van der Waals surface area contributed by atoms with Crippen LogP contribution < -0.4 is 0 Å². The van der Waals surface area contributed by atoms with Crippen LogP contribution in [0.15, 0.2) is 12.3 Å². The van der Waals surface area contributed by atoms with Crippen LogP contribution in [0, 0.1) is 5.82 Å². The maximum absolute atomic E-state index is 12.8. The average Bonchev–Trinajstić information content (AvgIpc) is 2.01. The number of halogens is 3. The van der Waals surface area contributed by atoms with Crippen LogP contribution in [0.4, 0.5) is 13.2 Å². The first-order chi connectivity index (χ1) is 6.52. The molecule has 0 amide bonds. The van der Waals surface area contributed by atoms with E-state index in [0.717, 1.165) is 12.3 Å². The van der Waals surface area contributed by atoms with Crippen molar-refractivity contribution < 1.29 is 23.1 Å². The zero-order valence-corrected chi connectivity index (χ0v) is 6.88. The van der Waals surface area contributed by atoms with E-state index in [2.05, 4.69) is 4.98 Å². The van der Waals surface area contributed by atoms with Crippen molar-refractivity contribution in [1.82, 2.24) is 4.98 Å². The smallest absolute Gasteiger partial charge is 0.309 e. The summed E-state index contributed by atoms with van der Waals surface area (Å²) in [5.74, 6) is -2.46. The maximum Gasteiger partial charge on any atom is 0.309 e. The van der Waals surface area contributed by atoms with Crippen molar-refractivity contribution in [2.75, 3.05) is 0 Å². The summed E-state index contributed by atoms with van der Waals surface area (Å²) in [6.45, 7) is 0. The molecule has 0 bridgehead atoms. The molecule has 3 nitrogen and oxygen atoms in total. The molecule has 1 heterocycles. The van der Waals surface area contributed by atoms with Gasteiger partial charge in [-0.05, 0) is 6.07 Å². The van der Waals surface area contributed by atoms with Crippen LogP contribution in [0.1, 0.15) is 17.7 Å². The Kier molecular flexibility index (Phi) is 3.06. The van der Waals surface area contributed by atoms with Gasteiger partial charge in [0.2, 0.25) is 0 Å². The van der Waals surface area contributed by atoms with Gasteiger partial charge < -0.3 is 5.11 Å². The number of rotatable bonds is 3. The van der Waals surface area contributed by atoms with Crippen LogP contribution in [0.5, 0.6) is 0 Å². The first-order valence-electron chi connectivity index (χ1n) is 3.65. The van der Waals surface area contributed by atoms with Crippen LogP contribution in [-0.2, 0) is 11.2 Å². The summed E-state index contributed by atoms with van der Waals surface area (Å²) in [6.07, 6.45) is -2.81. The molecule has 0 radical (unpaired) electrons. The zero-order chi connectivity index (χ0) is 10.7. The highest BCUT2D eigenvalue weighted by Crippen LogP contribution is 2.24. The lowest BCUT2D eigenvalue weighted by Crippen LogP contribution is -2.08. The molecule has 1 aromatic rings. The minimum Gasteiger partial charge on any atom is -0.481 e. The monoisotopic (exact) mass is 205 g/mol. The second-order valence-corrected chi connectivity index (χ2v) is 2.52. The number of carbonyl (C=O) groups is 1. The lowest BCUT2D eigenvalue weighted by molar-refractivity contribution is -0.136. The molecule has 76 valence electrons. The number of carboxylic acid groups (broad SMARTS) is 1. The molecular formula is C8H6F3NO2. The first kappa shape index (κ1) is 10.5. The van der Waals surface area contributed by atoms with Crippen LogP contribution in [0.2, 0.25) is 0 Å². The molecule has 0 saturated heterocycles. The van der Waals surface area contributed by atoms with Gasteiger partial charge in [-0.25, -0.2) is 13.2 Å². The van der Waals surface area contributed by atoms with E-state index in [0.29, 0.717) is 0 Å². The summed E-state index contributed by atoms with van der Waals surface area (Å²) in [7, 11) is 0. The molecule has 0 saturated carbocycles. The van der Waals surface area contributed by atoms with Gasteiger partial charge in [0.15, 0.2) is 0 Å². The van der Waals surface area contributed by atoms with Gasteiger partial charge in [-0.1, -0.05) is 0 Å². The fourth-order valence-corrected chi connectivity index (χ4v) is 1.00. The van der Waals surface area contributed by atoms with Crippen molar-refractivity contribution in [3.05, 3.63) is 29.3 Å². The first-order valence-corrected chi connectivity index (χ1v) is 3.65. The van der Waals surface area contributed by atoms with Crippen LogP contribution in [0.3, 0.4) is 0 Å². The normalized spacial score (nSPS) is 10.6. The summed E-state index contributed by atoms with van der Waals surface area (Å²) < 4.78 is 37.4. The Morgan fingerprint density at radius 3 is 2.71 bits per heavy atom. The highest BCUT2D eigenvalue weighted by molar-refractivity contribution is 5.70. The number of nitrogens with zero attached hydrogens (tertiary/aromatic N) is 1. The molecule has 6 heteroatoms. The molecule has 0 aliphatic heterocycles. The number of carboxylic acids is 1. The number of hydrogen-bond acceptors (Lipinski definition) is 2. The van der Waals surface area contributed by atoms with Crippen LogP contribution in [-0.4, -0.2) is 16.1 Å². The Morgan fingerprint density at radius 2 is 2.21 bits per heavy atom. The van der Waals surface area contributed by atoms with Gasteiger partial charge in [0.25, 0.3) is 6.43 Å². The van der Waals surface area contributed by atoms with Gasteiger partial charge in [0.1, 0.15) is 5.82 Å².